The van der Waals surface area contributed by atoms with Gasteiger partial charge in [0, 0.05) is 25.2 Å². The van der Waals surface area contributed by atoms with Gasteiger partial charge in [0.05, 0.1) is 0 Å². The van der Waals surface area contributed by atoms with Gasteiger partial charge in [0.2, 0.25) is 0 Å². The molecule has 0 bridgehead atoms. The third kappa shape index (κ3) is 2.57. The van der Waals surface area contributed by atoms with Crippen molar-refractivity contribution in [3.63, 3.8) is 0 Å². The summed E-state index contributed by atoms with van der Waals surface area (Å²) >= 11 is 0. The Balaban J connectivity index is 1.57. The summed E-state index contributed by atoms with van der Waals surface area (Å²) in [6, 6.07) is 8.21. The van der Waals surface area contributed by atoms with Crippen molar-refractivity contribution in [2.24, 2.45) is 0 Å². The maximum absolute atomic E-state index is 13.1. The Hall–Kier alpha value is -0.930. The molecular formula is C15H21FN2. The van der Waals surface area contributed by atoms with Crippen LogP contribution in [0, 0.1) is 5.82 Å². The quantitative estimate of drug-likeness (QED) is 0.884. The fraction of sp³-hybridized carbons (Fsp3) is 0.600. The molecule has 0 spiro atoms. The molecule has 1 aromatic carbocycles. The highest BCUT2D eigenvalue weighted by atomic mass is 19.1. The van der Waals surface area contributed by atoms with E-state index in [-0.39, 0.29) is 5.82 Å². The lowest BCUT2D eigenvalue weighted by Crippen LogP contribution is -2.44. The van der Waals surface area contributed by atoms with E-state index >= 15 is 0 Å². The van der Waals surface area contributed by atoms with E-state index in [9.17, 15) is 4.39 Å². The highest BCUT2D eigenvalue weighted by Gasteiger charge is 2.34. The minimum atomic E-state index is -0.139. The van der Waals surface area contributed by atoms with Crippen molar-refractivity contribution in [3.05, 3.63) is 35.6 Å². The first-order valence-corrected chi connectivity index (χ1v) is 7.05. The predicted octanol–water partition coefficient (Wildman–Crippen LogP) is 2.54. The van der Waals surface area contributed by atoms with E-state index in [1.807, 2.05) is 6.07 Å². The number of piperidine rings is 1. The molecule has 0 aliphatic carbocycles. The predicted molar refractivity (Wildman–Crippen MR) is 70.9 cm³/mol. The highest BCUT2D eigenvalue weighted by molar-refractivity contribution is 5.16. The van der Waals surface area contributed by atoms with Crippen LogP contribution in [0.3, 0.4) is 0 Å². The van der Waals surface area contributed by atoms with E-state index in [1.54, 1.807) is 12.1 Å². The molecule has 18 heavy (non-hydrogen) atoms. The molecule has 0 amide bonds. The van der Waals surface area contributed by atoms with Crippen LogP contribution in [0.1, 0.15) is 31.2 Å². The van der Waals surface area contributed by atoms with Gasteiger partial charge in [0.25, 0.3) is 0 Å². The molecule has 3 rings (SSSR count). The Morgan fingerprint density at radius 2 is 2.17 bits per heavy atom. The average molecular weight is 248 g/mol. The zero-order chi connectivity index (χ0) is 12.4. The number of hydrogen-bond donors (Lipinski definition) is 1. The van der Waals surface area contributed by atoms with Crippen LogP contribution >= 0.6 is 0 Å². The van der Waals surface area contributed by atoms with E-state index in [4.69, 9.17) is 0 Å². The van der Waals surface area contributed by atoms with Crippen LogP contribution in [0.25, 0.3) is 0 Å². The molecule has 0 radical (unpaired) electrons. The standard InChI is InChI=1S/C15H21FN2/c16-13-5-3-4-12(10-13)11-17-14-7-9-18-8-2-1-6-15(14)18/h3-5,10,14-15,17H,1-2,6-9,11H2. The molecule has 3 heteroatoms. The number of nitrogens with one attached hydrogen (secondary N) is 1. The lowest BCUT2D eigenvalue weighted by Gasteiger charge is -2.32. The summed E-state index contributed by atoms with van der Waals surface area (Å²) in [4.78, 5) is 2.62. The lowest BCUT2D eigenvalue weighted by molar-refractivity contribution is 0.180. The fourth-order valence-electron chi connectivity index (χ4n) is 3.38. The summed E-state index contributed by atoms with van der Waals surface area (Å²) in [5, 5.41) is 3.62. The Bertz CT molecular complexity index is 407. The van der Waals surface area contributed by atoms with Crippen molar-refractivity contribution in [2.45, 2.75) is 44.3 Å². The summed E-state index contributed by atoms with van der Waals surface area (Å²) < 4.78 is 13.1. The highest BCUT2D eigenvalue weighted by Crippen LogP contribution is 2.27. The molecule has 0 saturated carbocycles. The molecule has 2 unspecified atom stereocenters. The van der Waals surface area contributed by atoms with Crippen molar-refractivity contribution >= 4 is 0 Å². The minimum absolute atomic E-state index is 0.139. The molecule has 0 aromatic heterocycles. The summed E-state index contributed by atoms with van der Waals surface area (Å²) in [6.45, 7) is 3.28. The Kier molecular flexibility index (Phi) is 3.62. The van der Waals surface area contributed by atoms with E-state index in [0.717, 1.165) is 12.1 Å². The number of benzene rings is 1. The van der Waals surface area contributed by atoms with Gasteiger partial charge in [-0.25, -0.2) is 4.39 Å². The summed E-state index contributed by atoms with van der Waals surface area (Å²) in [5.41, 5.74) is 1.05. The first-order chi connectivity index (χ1) is 8.83. The fourth-order valence-corrected chi connectivity index (χ4v) is 3.38. The van der Waals surface area contributed by atoms with Crippen LogP contribution in [0.5, 0.6) is 0 Å². The van der Waals surface area contributed by atoms with Crippen LogP contribution in [0.15, 0.2) is 24.3 Å². The van der Waals surface area contributed by atoms with E-state index in [0.29, 0.717) is 12.1 Å². The van der Waals surface area contributed by atoms with Gasteiger partial charge < -0.3 is 5.32 Å². The smallest absolute Gasteiger partial charge is 0.123 e. The number of hydrogen-bond acceptors (Lipinski definition) is 2. The van der Waals surface area contributed by atoms with Crippen molar-refractivity contribution in [1.29, 1.82) is 0 Å². The largest absolute Gasteiger partial charge is 0.308 e. The molecule has 1 aromatic rings. The summed E-state index contributed by atoms with van der Waals surface area (Å²) in [6.07, 6.45) is 5.27. The van der Waals surface area contributed by atoms with Crippen LogP contribution in [-0.2, 0) is 6.54 Å². The van der Waals surface area contributed by atoms with Gasteiger partial charge in [0.1, 0.15) is 5.82 Å². The zero-order valence-corrected chi connectivity index (χ0v) is 10.7. The normalized spacial score (nSPS) is 28.3. The SMILES string of the molecule is Fc1cccc(CNC2CCN3CCCCC23)c1. The second-order valence-electron chi connectivity index (χ2n) is 5.51. The van der Waals surface area contributed by atoms with Gasteiger partial charge in [0.15, 0.2) is 0 Å². The molecule has 2 nitrogen and oxygen atoms in total. The number of nitrogens with zero attached hydrogens (tertiary/aromatic N) is 1. The molecule has 2 aliphatic rings. The Morgan fingerprint density at radius 1 is 1.22 bits per heavy atom. The van der Waals surface area contributed by atoms with Crippen LogP contribution in [0.4, 0.5) is 4.39 Å². The minimum Gasteiger partial charge on any atom is -0.308 e. The number of fused-ring (bicyclic) bond motifs is 1. The van der Waals surface area contributed by atoms with Gasteiger partial charge >= 0.3 is 0 Å². The molecule has 2 saturated heterocycles. The second kappa shape index (κ2) is 5.37. The maximum Gasteiger partial charge on any atom is 0.123 e. The lowest BCUT2D eigenvalue weighted by atomic mass is 9.99. The second-order valence-corrected chi connectivity index (χ2v) is 5.51. The first-order valence-electron chi connectivity index (χ1n) is 7.05. The van der Waals surface area contributed by atoms with Gasteiger partial charge in [-0.1, -0.05) is 18.6 Å². The third-order valence-electron chi connectivity index (χ3n) is 4.31. The van der Waals surface area contributed by atoms with E-state index in [1.165, 1.54) is 44.8 Å². The zero-order valence-electron chi connectivity index (χ0n) is 10.7. The van der Waals surface area contributed by atoms with Crippen LogP contribution in [-0.4, -0.2) is 30.1 Å². The Labute approximate surface area is 108 Å². The van der Waals surface area contributed by atoms with Gasteiger partial charge in [-0.05, 0) is 43.5 Å². The molecule has 2 atom stereocenters. The van der Waals surface area contributed by atoms with Gasteiger partial charge in [-0.15, -0.1) is 0 Å². The topological polar surface area (TPSA) is 15.3 Å². The summed E-state index contributed by atoms with van der Waals surface area (Å²) in [5.74, 6) is -0.139. The van der Waals surface area contributed by atoms with Crippen molar-refractivity contribution in [3.8, 4) is 0 Å². The van der Waals surface area contributed by atoms with Crippen molar-refractivity contribution in [1.82, 2.24) is 10.2 Å². The van der Waals surface area contributed by atoms with Crippen molar-refractivity contribution in [2.75, 3.05) is 13.1 Å². The third-order valence-corrected chi connectivity index (χ3v) is 4.31. The first kappa shape index (κ1) is 12.1. The monoisotopic (exact) mass is 248 g/mol. The Morgan fingerprint density at radius 3 is 3.06 bits per heavy atom. The van der Waals surface area contributed by atoms with E-state index < -0.39 is 0 Å². The molecule has 1 N–H and O–H groups in total. The van der Waals surface area contributed by atoms with Gasteiger partial charge in [-0.3, -0.25) is 4.90 Å². The number of rotatable bonds is 3. The van der Waals surface area contributed by atoms with Gasteiger partial charge in [-0.2, -0.15) is 0 Å². The molecule has 2 heterocycles. The molecule has 2 aliphatic heterocycles. The van der Waals surface area contributed by atoms with Crippen LogP contribution < -0.4 is 5.32 Å². The van der Waals surface area contributed by atoms with E-state index in [2.05, 4.69) is 10.2 Å². The molecular weight excluding hydrogens is 227 g/mol. The molecule has 98 valence electrons. The maximum atomic E-state index is 13.1. The van der Waals surface area contributed by atoms with Crippen LogP contribution in [0.2, 0.25) is 0 Å². The summed E-state index contributed by atoms with van der Waals surface area (Å²) in [7, 11) is 0. The number of halogens is 1. The van der Waals surface area contributed by atoms with Crippen molar-refractivity contribution < 1.29 is 4.39 Å². The average Bonchev–Trinajstić information content (AvgIpc) is 2.80. The molecule has 2 fully saturated rings.